The highest BCUT2D eigenvalue weighted by Crippen LogP contribution is 2.27. The molecule has 130 valence electrons. The quantitative estimate of drug-likeness (QED) is 0.802. The molecule has 1 unspecified atom stereocenters. The third-order valence-electron chi connectivity index (χ3n) is 4.83. The molecule has 0 radical (unpaired) electrons. The highest BCUT2D eigenvalue weighted by molar-refractivity contribution is 8.07. The Morgan fingerprint density at radius 3 is 2.48 bits per heavy atom. The summed E-state index contributed by atoms with van der Waals surface area (Å²) in [6.07, 6.45) is 5.79. The molecule has 0 spiro atoms. The zero-order valence-corrected chi connectivity index (χ0v) is 14.9. The molecule has 0 aromatic heterocycles. The molecule has 2 aliphatic heterocycles. The zero-order valence-electron chi connectivity index (χ0n) is 14.0. The molecule has 1 atom stereocenters. The Labute approximate surface area is 147 Å². The van der Waals surface area contributed by atoms with E-state index in [9.17, 15) is 8.42 Å². The molecule has 1 saturated heterocycles. The SMILES string of the molecule is CN1CCN(C2C=CC=C3C2=NN=C3S(=O)(=O)c2ccccc2)CC1. The van der Waals surface area contributed by atoms with Crippen LogP contribution in [-0.2, 0) is 9.84 Å². The van der Waals surface area contributed by atoms with Crippen LogP contribution >= 0.6 is 0 Å². The van der Waals surface area contributed by atoms with E-state index in [1.807, 2.05) is 6.08 Å². The van der Waals surface area contributed by atoms with Crippen LogP contribution in [0.5, 0.6) is 0 Å². The van der Waals surface area contributed by atoms with Gasteiger partial charge in [-0.15, -0.1) is 5.10 Å². The Balaban J connectivity index is 1.61. The molecule has 4 rings (SSSR count). The molecule has 3 aliphatic rings. The minimum absolute atomic E-state index is 0.0130. The third kappa shape index (κ3) is 2.88. The average molecular weight is 356 g/mol. The van der Waals surface area contributed by atoms with Gasteiger partial charge in [-0.05, 0) is 19.2 Å². The molecule has 25 heavy (non-hydrogen) atoms. The molecule has 1 aliphatic carbocycles. The first-order chi connectivity index (χ1) is 12.1. The van der Waals surface area contributed by atoms with Crippen molar-refractivity contribution in [2.24, 2.45) is 10.2 Å². The Hall–Kier alpha value is -2.09. The number of nitrogens with zero attached hydrogens (tertiary/aromatic N) is 4. The van der Waals surface area contributed by atoms with Crippen molar-refractivity contribution in [1.29, 1.82) is 0 Å². The van der Waals surface area contributed by atoms with Crippen LogP contribution in [0.15, 0.2) is 69.2 Å². The molecule has 0 bridgehead atoms. The second-order valence-electron chi connectivity index (χ2n) is 6.46. The number of sulfone groups is 1. The van der Waals surface area contributed by atoms with Crippen molar-refractivity contribution in [1.82, 2.24) is 9.80 Å². The number of hydrogen-bond acceptors (Lipinski definition) is 6. The topological polar surface area (TPSA) is 65.3 Å². The highest BCUT2D eigenvalue weighted by Gasteiger charge is 2.38. The Morgan fingerprint density at radius 2 is 1.76 bits per heavy atom. The van der Waals surface area contributed by atoms with Gasteiger partial charge in [0.05, 0.1) is 16.6 Å². The average Bonchev–Trinajstić information content (AvgIpc) is 3.08. The first-order valence-corrected chi connectivity index (χ1v) is 9.83. The fourth-order valence-electron chi connectivity index (χ4n) is 3.34. The van der Waals surface area contributed by atoms with Crippen molar-refractivity contribution in [3.8, 4) is 0 Å². The lowest BCUT2D eigenvalue weighted by molar-refractivity contribution is 0.151. The lowest BCUT2D eigenvalue weighted by Gasteiger charge is -2.37. The van der Waals surface area contributed by atoms with Gasteiger partial charge < -0.3 is 4.90 Å². The summed E-state index contributed by atoms with van der Waals surface area (Å²) in [6, 6.07) is 8.39. The fraction of sp³-hybridized carbons (Fsp3) is 0.333. The Kier molecular flexibility index (Phi) is 4.15. The van der Waals surface area contributed by atoms with E-state index in [4.69, 9.17) is 0 Å². The van der Waals surface area contributed by atoms with Crippen molar-refractivity contribution >= 4 is 20.6 Å². The summed E-state index contributed by atoms with van der Waals surface area (Å²) in [5, 5.41) is 8.37. The molecule has 0 N–H and O–H groups in total. The van der Waals surface area contributed by atoms with E-state index in [-0.39, 0.29) is 16.0 Å². The van der Waals surface area contributed by atoms with Crippen molar-refractivity contribution < 1.29 is 8.42 Å². The number of rotatable bonds is 2. The van der Waals surface area contributed by atoms with Crippen LogP contribution in [0.4, 0.5) is 0 Å². The minimum Gasteiger partial charge on any atom is -0.304 e. The monoisotopic (exact) mass is 356 g/mol. The fourth-order valence-corrected chi connectivity index (χ4v) is 4.69. The molecule has 1 fully saturated rings. The van der Waals surface area contributed by atoms with Crippen LogP contribution < -0.4 is 0 Å². The van der Waals surface area contributed by atoms with Crippen molar-refractivity contribution in [3.63, 3.8) is 0 Å². The largest absolute Gasteiger partial charge is 0.304 e. The summed E-state index contributed by atoms with van der Waals surface area (Å²) >= 11 is 0. The Morgan fingerprint density at radius 1 is 1.04 bits per heavy atom. The number of piperazine rings is 1. The molecule has 2 heterocycles. The van der Waals surface area contributed by atoms with E-state index >= 15 is 0 Å². The van der Waals surface area contributed by atoms with Gasteiger partial charge in [-0.2, -0.15) is 5.10 Å². The van der Waals surface area contributed by atoms with Gasteiger partial charge in [0, 0.05) is 31.8 Å². The van der Waals surface area contributed by atoms with Crippen molar-refractivity contribution in [3.05, 3.63) is 54.1 Å². The first kappa shape index (κ1) is 16.4. The van der Waals surface area contributed by atoms with Gasteiger partial charge in [-0.25, -0.2) is 8.42 Å². The van der Waals surface area contributed by atoms with Crippen LogP contribution in [0.3, 0.4) is 0 Å². The van der Waals surface area contributed by atoms with Crippen molar-refractivity contribution in [2.75, 3.05) is 33.2 Å². The van der Waals surface area contributed by atoms with Gasteiger partial charge in [-0.1, -0.05) is 36.4 Å². The highest BCUT2D eigenvalue weighted by atomic mass is 32.2. The molecule has 1 aromatic carbocycles. The number of hydrogen-bond donors (Lipinski definition) is 0. The number of allylic oxidation sites excluding steroid dienone is 2. The predicted octanol–water partition coefficient (Wildman–Crippen LogP) is 1.34. The summed E-state index contributed by atoms with van der Waals surface area (Å²) in [6.45, 7) is 3.84. The molecular formula is C18H20N4O2S. The maximum atomic E-state index is 12.9. The number of fused-ring (bicyclic) bond motifs is 1. The second kappa shape index (κ2) is 6.33. The summed E-state index contributed by atoms with van der Waals surface area (Å²) in [4.78, 5) is 4.87. The maximum Gasteiger partial charge on any atom is 0.226 e. The van der Waals surface area contributed by atoms with Crippen molar-refractivity contribution in [2.45, 2.75) is 10.9 Å². The van der Waals surface area contributed by atoms with E-state index in [1.165, 1.54) is 0 Å². The second-order valence-corrected chi connectivity index (χ2v) is 8.32. The van der Waals surface area contributed by atoms with Crippen LogP contribution in [0.1, 0.15) is 0 Å². The normalized spacial score (nSPS) is 24.5. The predicted molar refractivity (Wildman–Crippen MR) is 98.6 cm³/mol. The minimum atomic E-state index is -3.67. The van der Waals surface area contributed by atoms with Gasteiger partial charge in [0.25, 0.3) is 0 Å². The smallest absolute Gasteiger partial charge is 0.226 e. The van der Waals surface area contributed by atoms with E-state index in [0.29, 0.717) is 5.57 Å². The van der Waals surface area contributed by atoms with Crippen LogP contribution in [-0.4, -0.2) is 68.2 Å². The van der Waals surface area contributed by atoms with Gasteiger partial charge in [0.1, 0.15) is 0 Å². The third-order valence-corrected chi connectivity index (χ3v) is 6.53. The van der Waals surface area contributed by atoms with E-state index in [1.54, 1.807) is 36.4 Å². The van der Waals surface area contributed by atoms with Gasteiger partial charge in [-0.3, -0.25) is 4.90 Å². The maximum absolute atomic E-state index is 12.9. The van der Waals surface area contributed by atoms with E-state index in [2.05, 4.69) is 33.1 Å². The lowest BCUT2D eigenvalue weighted by atomic mass is 9.97. The Bertz CT molecular complexity index is 892. The van der Waals surface area contributed by atoms with Crippen LogP contribution in [0.2, 0.25) is 0 Å². The van der Waals surface area contributed by atoms with Gasteiger partial charge in [0.15, 0.2) is 5.04 Å². The van der Waals surface area contributed by atoms with Gasteiger partial charge in [0.2, 0.25) is 9.84 Å². The zero-order chi connectivity index (χ0) is 17.4. The summed E-state index contributed by atoms with van der Waals surface area (Å²) in [7, 11) is -1.55. The standard InChI is InChI=1S/C18H20N4O2S/c1-21-10-12-22(13-11-21)16-9-5-8-15-17(16)19-20-18(15)25(23,24)14-6-3-2-4-7-14/h2-9,16H,10-13H2,1H3. The van der Waals surface area contributed by atoms with Crippen LogP contribution in [0, 0.1) is 0 Å². The van der Waals surface area contributed by atoms with E-state index < -0.39 is 9.84 Å². The molecule has 6 nitrogen and oxygen atoms in total. The molecule has 7 heteroatoms. The number of benzene rings is 1. The number of likely N-dealkylation sites (N-methyl/N-ethyl adjacent to an activating group) is 1. The molecular weight excluding hydrogens is 336 g/mol. The van der Waals surface area contributed by atoms with Gasteiger partial charge >= 0.3 is 0 Å². The van der Waals surface area contributed by atoms with E-state index in [0.717, 1.165) is 31.9 Å². The summed E-state index contributed by atoms with van der Waals surface area (Å²) < 4.78 is 25.9. The lowest BCUT2D eigenvalue weighted by Crippen LogP contribution is -2.51. The van der Waals surface area contributed by atoms with Crippen LogP contribution in [0.25, 0.3) is 0 Å². The summed E-state index contributed by atoms with van der Waals surface area (Å²) in [5.41, 5.74) is 1.36. The summed E-state index contributed by atoms with van der Waals surface area (Å²) in [5.74, 6) is 0. The molecule has 1 aromatic rings. The molecule has 0 saturated carbocycles. The molecule has 0 amide bonds. The first-order valence-electron chi connectivity index (χ1n) is 8.35.